The largest absolute Gasteiger partial charge is 0.327 e. The average Bonchev–Trinajstić information content (AvgIpc) is 2.68. The zero-order chi connectivity index (χ0) is 15.1. The summed E-state index contributed by atoms with van der Waals surface area (Å²) in [6, 6.07) is 2.87. The molecule has 2 rings (SSSR count). The Kier molecular flexibility index (Phi) is 4.03. The molecule has 1 aromatic rings. The summed E-state index contributed by atoms with van der Waals surface area (Å²) in [5.41, 5.74) is 8.31. The van der Waals surface area contributed by atoms with Crippen LogP contribution in [0.25, 0.3) is 0 Å². The molecule has 3 heteroatoms. The van der Waals surface area contributed by atoms with E-state index in [-0.39, 0.29) is 6.04 Å². The van der Waals surface area contributed by atoms with Gasteiger partial charge in [-0.15, -0.1) is 0 Å². The third-order valence-electron chi connectivity index (χ3n) is 5.99. The van der Waals surface area contributed by atoms with Crippen LogP contribution in [0, 0.1) is 16.7 Å². The molecule has 1 heterocycles. The maximum atomic E-state index is 6.46. The summed E-state index contributed by atoms with van der Waals surface area (Å²) in [5.74, 6) is 0.591. The molecule has 0 spiro atoms. The fourth-order valence-corrected chi connectivity index (χ4v) is 4.03. The normalized spacial score (nSPS) is 22.2. The maximum absolute atomic E-state index is 6.46. The molecule has 1 fully saturated rings. The number of rotatable bonds is 6. The predicted octanol–water partition coefficient (Wildman–Crippen LogP) is 3.80. The van der Waals surface area contributed by atoms with Crippen LogP contribution in [0.1, 0.15) is 66.1 Å². The van der Waals surface area contributed by atoms with Crippen molar-refractivity contribution < 1.29 is 0 Å². The van der Waals surface area contributed by atoms with Crippen molar-refractivity contribution in [3.63, 3.8) is 0 Å². The van der Waals surface area contributed by atoms with Crippen molar-refractivity contribution in [2.45, 2.75) is 72.9 Å². The van der Waals surface area contributed by atoms with Gasteiger partial charge >= 0.3 is 0 Å². The van der Waals surface area contributed by atoms with Crippen molar-refractivity contribution >= 4 is 0 Å². The summed E-state index contributed by atoms with van der Waals surface area (Å²) in [4.78, 5) is 0. The van der Waals surface area contributed by atoms with Gasteiger partial charge in [-0.05, 0) is 35.7 Å². The second-order valence-electron chi connectivity index (χ2n) is 7.55. The molecule has 1 aliphatic carbocycles. The molecule has 0 amide bonds. The van der Waals surface area contributed by atoms with E-state index in [4.69, 9.17) is 10.8 Å². The fourth-order valence-electron chi connectivity index (χ4n) is 4.03. The van der Waals surface area contributed by atoms with Gasteiger partial charge in [0.05, 0.1) is 11.7 Å². The lowest BCUT2D eigenvalue weighted by atomic mass is 10.0. The summed E-state index contributed by atoms with van der Waals surface area (Å²) in [7, 11) is 0. The Hall–Kier alpha value is -0.830. The molecule has 3 nitrogen and oxygen atoms in total. The highest BCUT2D eigenvalue weighted by molar-refractivity contribution is 5.17. The number of hydrogen-bond acceptors (Lipinski definition) is 2. The van der Waals surface area contributed by atoms with E-state index in [1.807, 2.05) is 0 Å². The van der Waals surface area contributed by atoms with E-state index in [0.717, 1.165) is 25.0 Å². The lowest BCUT2D eigenvalue weighted by Crippen LogP contribution is -2.28. The van der Waals surface area contributed by atoms with Crippen LogP contribution in [0.5, 0.6) is 0 Å². The van der Waals surface area contributed by atoms with Crippen LogP contribution in [0.15, 0.2) is 12.3 Å². The molecule has 1 unspecified atom stereocenters. The standard InChI is InChI=1S/C17H31N3/c1-7-13(8-2)20-10-9-12(19-20)11-14(18)15-16(3,4)17(15,5)6/h9-10,13-15H,7-8,11,18H2,1-6H3. The second kappa shape index (κ2) is 5.18. The van der Waals surface area contributed by atoms with Crippen molar-refractivity contribution in [3.05, 3.63) is 18.0 Å². The molecule has 0 aromatic carbocycles. The Balaban J connectivity index is 2.01. The van der Waals surface area contributed by atoms with Gasteiger partial charge < -0.3 is 5.73 Å². The third kappa shape index (κ3) is 2.41. The molecule has 1 aliphatic rings. The van der Waals surface area contributed by atoms with Crippen molar-refractivity contribution in [1.29, 1.82) is 0 Å². The first-order chi connectivity index (χ1) is 9.25. The molecule has 0 aliphatic heterocycles. The van der Waals surface area contributed by atoms with Gasteiger partial charge in [0.15, 0.2) is 0 Å². The lowest BCUT2D eigenvalue weighted by molar-refractivity contribution is 0.420. The molecule has 20 heavy (non-hydrogen) atoms. The molecule has 1 atom stereocenters. The molecule has 0 bridgehead atoms. The summed E-state index contributed by atoms with van der Waals surface area (Å²) < 4.78 is 2.12. The summed E-state index contributed by atoms with van der Waals surface area (Å²) in [6.45, 7) is 13.8. The van der Waals surface area contributed by atoms with Gasteiger partial charge in [0.25, 0.3) is 0 Å². The second-order valence-corrected chi connectivity index (χ2v) is 7.55. The van der Waals surface area contributed by atoms with Crippen LogP contribution < -0.4 is 5.73 Å². The van der Waals surface area contributed by atoms with E-state index in [1.165, 1.54) is 0 Å². The Bertz CT molecular complexity index is 441. The highest BCUT2D eigenvalue weighted by Gasteiger charge is 2.66. The Morgan fingerprint density at radius 3 is 2.20 bits per heavy atom. The first kappa shape index (κ1) is 15.6. The van der Waals surface area contributed by atoms with Gasteiger partial charge in [0.1, 0.15) is 0 Å². The summed E-state index contributed by atoms with van der Waals surface area (Å²) in [6.07, 6.45) is 5.27. The number of hydrogen-bond donors (Lipinski definition) is 1. The van der Waals surface area contributed by atoms with E-state index in [9.17, 15) is 0 Å². The van der Waals surface area contributed by atoms with Crippen LogP contribution >= 0.6 is 0 Å². The molecule has 1 saturated carbocycles. The molecular formula is C17H31N3. The Labute approximate surface area is 123 Å². The van der Waals surface area contributed by atoms with Crippen molar-refractivity contribution in [1.82, 2.24) is 9.78 Å². The van der Waals surface area contributed by atoms with Crippen LogP contribution in [0.4, 0.5) is 0 Å². The molecule has 2 N–H and O–H groups in total. The van der Waals surface area contributed by atoms with E-state index in [2.05, 4.69) is 58.5 Å². The van der Waals surface area contributed by atoms with E-state index in [1.54, 1.807) is 0 Å². The minimum absolute atomic E-state index is 0.213. The van der Waals surface area contributed by atoms with Gasteiger partial charge in [-0.25, -0.2) is 0 Å². The lowest BCUT2D eigenvalue weighted by Gasteiger charge is -2.14. The van der Waals surface area contributed by atoms with Gasteiger partial charge in [0.2, 0.25) is 0 Å². The highest BCUT2D eigenvalue weighted by Crippen LogP contribution is 2.69. The number of nitrogens with zero attached hydrogens (tertiary/aromatic N) is 2. The van der Waals surface area contributed by atoms with Crippen molar-refractivity contribution in [2.75, 3.05) is 0 Å². The molecule has 0 radical (unpaired) electrons. The number of aromatic nitrogens is 2. The van der Waals surface area contributed by atoms with Gasteiger partial charge in [0, 0.05) is 18.7 Å². The zero-order valence-corrected chi connectivity index (χ0v) is 14.0. The first-order valence-corrected chi connectivity index (χ1v) is 8.05. The smallest absolute Gasteiger partial charge is 0.0640 e. The highest BCUT2D eigenvalue weighted by atomic mass is 15.3. The fraction of sp³-hybridized carbons (Fsp3) is 0.824. The van der Waals surface area contributed by atoms with E-state index >= 15 is 0 Å². The van der Waals surface area contributed by atoms with Crippen LogP contribution in [0.2, 0.25) is 0 Å². The van der Waals surface area contributed by atoms with Crippen LogP contribution in [-0.2, 0) is 6.42 Å². The first-order valence-electron chi connectivity index (χ1n) is 8.05. The van der Waals surface area contributed by atoms with Crippen molar-refractivity contribution in [3.8, 4) is 0 Å². The van der Waals surface area contributed by atoms with Gasteiger partial charge in [-0.2, -0.15) is 5.10 Å². The Morgan fingerprint density at radius 2 is 1.75 bits per heavy atom. The average molecular weight is 277 g/mol. The predicted molar refractivity (Wildman–Crippen MR) is 84.6 cm³/mol. The molecule has 114 valence electrons. The summed E-state index contributed by atoms with van der Waals surface area (Å²) >= 11 is 0. The monoisotopic (exact) mass is 277 g/mol. The van der Waals surface area contributed by atoms with E-state index in [0.29, 0.717) is 22.8 Å². The van der Waals surface area contributed by atoms with Crippen LogP contribution in [0.3, 0.4) is 0 Å². The van der Waals surface area contributed by atoms with E-state index < -0.39 is 0 Å². The molecule has 0 saturated heterocycles. The van der Waals surface area contributed by atoms with Crippen LogP contribution in [-0.4, -0.2) is 15.8 Å². The van der Waals surface area contributed by atoms with Crippen molar-refractivity contribution in [2.24, 2.45) is 22.5 Å². The summed E-state index contributed by atoms with van der Waals surface area (Å²) in [5, 5.41) is 4.73. The number of nitrogens with two attached hydrogens (primary N) is 1. The minimum Gasteiger partial charge on any atom is -0.327 e. The Morgan fingerprint density at radius 1 is 1.20 bits per heavy atom. The maximum Gasteiger partial charge on any atom is 0.0640 e. The SMILES string of the molecule is CCC(CC)n1ccc(CC(N)C2C(C)(C)C2(C)C)n1. The minimum atomic E-state index is 0.213. The molecule has 1 aromatic heterocycles. The third-order valence-corrected chi connectivity index (χ3v) is 5.99. The molecular weight excluding hydrogens is 246 g/mol. The van der Waals surface area contributed by atoms with Gasteiger partial charge in [-0.1, -0.05) is 41.5 Å². The topological polar surface area (TPSA) is 43.8 Å². The zero-order valence-electron chi connectivity index (χ0n) is 14.0. The quantitative estimate of drug-likeness (QED) is 0.859. The van der Waals surface area contributed by atoms with Gasteiger partial charge in [-0.3, -0.25) is 4.68 Å².